The summed E-state index contributed by atoms with van der Waals surface area (Å²) in [5.41, 5.74) is 19.9. The van der Waals surface area contributed by atoms with Crippen molar-refractivity contribution in [3.8, 4) is 56.6 Å². The molecule has 0 heterocycles. The molecule has 0 amide bonds. The highest BCUT2D eigenvalue weighted by Gasteiger charge is 2.54. The molecule has 2 aliphatic rings. The van der Waals surface area contributed by atoms with E-state index >= 15 is 0 Å². The zero-order chi connectivity index (χ0) is 28.4. The lowest BCUT2D eigenvalue weighted by Gasteiger charge is -2.32. The number of fused-ring (bicyclic) bond motifs is 10. The molecule has 0 saturated heterocycles. The third kappa shape index (κ3) is 3.03. The highest BCUT2D eigenvalue weighted by atomic mass is 14.6. The third-order valence-electron chi connectivity index (χ3n) is 8.94. The highest BCUT2D eigenvalue weighted by molar-refractivity contribution is 6.01. The standard InChI is InChI=1S/C39H23N3/c40-22-28-19-29(23-41)38(42)36-32-13-7-8-14-33(32)39(37(28)36)34-20-26(24-9-3-1-4-10-24)15-17-30(34)31-18-16-27(21-35(31)39)25-11-5-2-6-12-25/h1-21H,42H2. The normalized spacial score (nSPS) is 13.0. The molecule has 6 aromatic rings. The molecule has 0 aliphatic heterocycles. The molecule has 1 spiro atoms. The minimum absolute atomic E-state index is 0.326. The molecule has 0 fully saturated rings. The molecule has 0 aromatic heterocycles. The van der Waals surface area contributed by atoms with Crippen molar-refractivity contribution < 1.29 is 0 Å². The quantitative estimate of drug-likeness (QED) is 0.226. The Morgan fingerprint density at radius 3 is 1.55 bits per heavy atom. The Morgan fingerprint density at radius 2 is 1.00 bits per heavy atom. The van der Waals surface area contributed by atoms with Crippen LogP contribution >= 0.6 is 0 Å². The Balaban J connectivity index is 1.56. The molecule has 0 unspecified atom stereocenters. The van der Waals surface area contributed by atoms with Crippen LogP contribution in [-0.2, 0) is 5.41 Å². The summed E-state index contributed by atoms with van der Waals surface area (Å²) in [6.45, 7) is 0. The van der Waals surface area contributed by atoms with E-state index in [0.717, 1.165) is 66.8 Å². The zero-order valence-corrected chi connectivity index (χ0v) is 22.6. The lowest BCUT2D eigenvalue weighted by Crippen LogP contribution is -2.27. The minimum atomic E-state index is -0.778. The van der Waals surface area contributed by atoms with Gasteiger partial charge in [0.2, 0.25) is 0 Å². The first-order chi connectivity index (χ1) is 20.7. The molecule has 2 aliphatic carbocycles. The van der Waals surface area contributed by atoms with Crippen molar-refractivity contribution in [3.63, 3.8) is 0 Å². The fourth-order valence-electron chi connectivity index (χ4n) is 7.21. The molecule has 0 radical (unpaired) electrons. The van der Waals surface area contributed by atoms with E-state index < -0.39 is 5.41 Å². The van der Waals surface area contributed by atoms with Crippen LogP contribution in [0.25, 0.3) is 44.5 Å². The van der Waals surface area contributed by atoms with E-state index in [1.54, 1.807) is 6.07 Å². The summed E-state index contributed by atoms with van der Waals surface area (Å²) >= 11 is 0. The lowest BCUT2D eigenvalue weighted by molar-refractivity contribution is 0.791. The Kier molecular flexibility index (Phi) is 5.02. The van der Waals surface area contributed by atoms with Crippen molar-refractivity contribution in [1.29, 1.82) is 10.5 Å². The molecule has 6 aromatic carbocycles. The SMILES string of the molecule is N#Cc1cc(C#N)c2c(c1N)-c1ccccc1C21c2cc(-c3ccccc3)ccc2-c2ccc(-c3ccccc3)cc21. The van der Waals surface area contributed by atoms with Crippen molar-refractivity contribution in [2.24, 2.45) is 0 Å². The van der Waals surface area contributed by atoms with Gasteiger partial charge >= 0.3 is 0 Å². The fourth-order valence-corrected chi connectivity index (χ4v) is 7.21. The van der Waals surface area contributed by atoms with Gasteiger partial charge in [0, 0.05) is 5.56 Å². The van der Waals surface area contributed by atoms with E-state index in [4.69, 9.17) is 5.73 Å². The average Bonchev–Trinajstić information content (AvgIpc) is 3.53. The Morgan fingerprint density at radius 1 is 0.476 bits per heavy atom. The van der Waals surface area contributed by atoms with Gasteiger partial charge in [-0.15, -0.1) is 0 Å². The van der Waals surface area contributed by atoms with Crippen molar-refractivity contribution in [2.75, 3.05) is 5.73 Å². The zero-order valence-electron chi connectivity index (χ0n) is 22.6. The molecule has 42 heavy (non-hydrogen) atoms. The van der Waals surface area contributed by atoms with Crippen LogP contribution in [0.2, 0.25) is 0 Å². The van der Waals surface area contributed by atoms with Gasteiger partial charge in [0.25, 0.3) is 0 Å². The molecule has 194 valence electrons. The fraction of sp³-hybridized carbons (Fsp3) is 0.0256. The number of nitrogens with zero attached hydrogens (tertiary/aromatic N) is 2. The van der Waals surface area contributed by atoms with E-state index in [1.165, 1.54) is 0 Å². The topological polar surface area (TPSA) is 73.6 Å². The van der Waals surface area contributed by atoms with Crippen LogP contribution in [0.1, 0.15) is 33.4 Å². The van der Waals surface area contributed by atoms with Crippen LogP contribution in [0.5, 0.6) is 0 Å². The van der Waals surface area contributed by atoms with Gasteiger partial charge in [0.05, 0.1) is 28.3 Å². The van der Waals surface area contributed by atoms with E-state index in [9.17, 15) is 10.5 Å². The van der Waals surface area contributed by atoms with Gasteiger partial charge in [-0.3, -0.25) is 0 Å². The van der Waals surface area contributed by atoms with E-state index in [0.29, 0.717) is 16.8 Å². The second-order valence-corrected chi connectivity index (χ2v) is 10.9. The van der Waals surface area contributed by atoms with Gasteiger partial charge in [-0.2, -0.15) is 10.5 Å². The first kappa shape index (κ1) is 23.9. The van der Waals surface area contributed by atoms with Gasteiger partial charge in [-0.1, -0.05) is 109 Å². The van der Waals surface area contributed by atoms with E-state index in [2.05, 4.69) is 115 Å². The number of hydrogen-bond donors (Lipinski definition) is 1. The minimum Gasteiger partial charge on any atom is -0.397 e. The highest BCUT2D eigenvalue weighted by Crippen LogP contribution is 2.65. The van der Waals surface area contributed by atoms with Crippen LogP contribution in [-0.4, -0.2) is 0 Å². The predicted octanol–water partition coefficient (Wildman–Crippen LogP) is 8.69. The van der Waals surface area contributed by atoms with Gasteiger partial charge in [-0.25, -0.2) is 0 Å². The molecule has 3 heteroatoms. The second kappa shape index (κ2) is 8.80. The van der Waals surface area contributed by atoms with Crippen LogP contribution in [0.15, 0.2) is 127 Å². The monoisotopic (exact) mass is 533 g/mol. The number of anilines is 1. The molecular formula is C39H23N3. The summed E-state index contributed by atoms with van der Waals surface area (Å²) in [7, 11) is 0. The summed E-state index contributed by atoms with van der Waals surface area (Å²) in [4.78, 5) is 0. The maximum absolute atomic E-state index is 10.6. The molecular weight excluding hydrogens is 510 g/mol. The molecule has 0 atom stereocenters. The van der Waals surface area contributed by atoms with Gasteiger partial charge in [0.1, 0.15) is 6.07 Å². The van der Waals surface area contributed by atoms with Crippen molar-refractivity contribution >= 4 is 5.69 Å². The van der Waals surface area contributed by atoms with Gasteiger partial charge in [-0.05, 0) is 79.4 Å². The van der Waals surface area contributed by atoms with Crippen molar-refractivity contribution in [2.45, 2.75) is 5.41 Å². The van der Waals surface area contributed by atoms with Gasteiger partial charge < -0.3 is 5.73 Å². The smallest absolute Gasteiger partial charge is 0.101 e. The Labute approximate surface area is 244 Å². The Bertz CT molecular complexity index is 2070. The number of benzene rings is 6. The molecule has 0 saturated carbocycles. The first-order valence-electron chi connectivity index (χ1n) is 13.9. The first-order valence-corrected chi connectivity index (χ1v) is 13.9. The second-order valence-electron chi connectivity index (χ2n) is 10.9. The summed E-state index contributed by atoms with van der Waals surface area (Å²) in [6, 6.07) is 48.8. The summed E-state index contributed by atoms with van der Waals surface area (Å²) in [6.07, 6.45) is 0. The maximum atomic E-state index is 10.6. The largest absolute Gasteiger partial charge is 0.397 e. The van der Waals surface area contributed by atoms with E-state index in [1.807, 2.05) is 18.2 Å². The predicted molar refractivity (Wildman–Crippen MR) is 167 cm³/mol. The summed E-state index contributed by atoms with van der Waals surface area (Å²) < 4.78 is 0. The van der Waals surface area contributed by atoms with E-state index in [-0.39, 0.29) is 0 Å². The van der Waals surface area contributed by atoms with Gasteiger partial charge in [0.15, 0.2) is 0 Å². The molecule has 3 nitrogen and oxygen atoms in total. The molecule has 2 N–H and O–H groups in total. The molecule has 8 rings (SSSR count). The molecule has 0 bridgehead atoms. The third-order valence-corrected chi connectivity index (χ3v) is 8.94. The summed E-state index contributed by atoms with van der Waals surface area (Å²) in [5, 5.41) is 20.6. The summed E-state index contributed by atoms with van der Waals surface area (Å²) in [5.74, 6) is 0. The van der Waals surface area contributed by atoms with Crippen LogP contribution in [0.3, 0.4) is 0 Å². The number of rotatable bonds is 2. The average molecular weight is 534 g/mol. The lowest BCUT2D eigenvalue weighted by atomic mass is 9.68. The number of hydrogen-bond acceptors (Lipinski definition) is 3. The van der Waals surface area contributed by atoms with Crippen molar-refractivity contribution in [3.05, 3.63) is 161 Å². The van der Waals surface area contributed by atoms with Crippen LogP contribution < -0.4 is 5.73 Å². The van der Waals surface area contributed by atoms with Crippen LogP contribution in [0.4, 0.5) is 5.69 Å². The number of nitriles is 2. The Hall–Kier alpha value is -5.90. The maximum Gasteiger partial charge on any atom is 0.101 e. The van der Waals surface area contributed by atoms with Crippen LogP contribution in [0, 0.1) is 22.7 Å². The number of nitrogen functional groups attached to an aromatic ring is 1. The number of nitrogens with two attached hydrogens (primary N) is 1. The van der Waals surface area contributed by atoms with Crippen molar-refractivity contribution in [1.82, 2.24) is 0 Å².